The van der Waals surface area contributed by atoms with E-state index in [2.05, 4.69) is 15.8 Å². The summed E-state index contributed by atoms with van der Waals surface area (Å²) < 4.78 is 0. The van der Waals surface area contributed by atoms with Crippen molar-refractivity contribution < 1.29 is 14.5 Å². The standard InChI is InChI=1S/C19H17Cl3N4O4/c1-10(2)17(24-18(27)13-5-4-12(20)8-15(13)22)19(28)25-23-9-11-3-6-14(21)16(7-11)26(29)30/h3-10,17H,1-2H3,(H,24,27)(H,25,28). The highest BCUT2D eigenvalue weighted by Crippen LogP contribution is 2.24. The Hall–Kier alpha value is -2.68. The highest BCUT2D eigenvalue weighted by Gasteiger charge is 2.25. The number of nitrogens with one attached hydrogen (secondary N) is 2. The number of carbonyl (C=O) groups is 2. The lowest BCUT2D eigenvalue weighted by molar-refractivity contribution is -0.384. The molecule has 11 heteroatoms. The number of hydrogen-bond acceptors (Lipinski definition) is 5. The van der Waals surface area contributed by atoms with Crippen molar-refractivity contribution in [2.75, 3.05) is 0 Å². The van der Waals surface area contributed by atoms with Gasteiger partial charge in [-0.05, 0) is 30.2 Å². The van der Waals surface area contributed by atoms with Crippen LogP contribution in [0.1, 0.15) is 29.8 Å². The number of hydrogen-bond donors (Lipinski definition) is 2. The highest BCUT2D eigenvalue weighted by atomic mass is 35.5. The fourth-order valence-electron chi connectivity index (χ4n) is 2.42. The Labute approximate surface area is 187 Å². The maximum Gasteiger partial charge on any atom is 0.288 e. The van der Waals surface area contributed by atoms with Crippen LogP contribution >= 0.6 is 34.8 Å². The molecule has 2 aromatic rings. The lowest BCUT2D eigenvalue weighted by Gasteiger charge is -2.20. The third-order valence-electron chi connectivity index (χ3n) is 3.97. The first-order valence-electron chi connectivity index (χ1n) is 8.63. The van der Waals surface area contributed by atoms with Crippen LogP contribution in [0, 0.1) is 16.0 Å². The summed E-state index contributed by atoms with van der Waals surface area (Å²) in [6.45, 7) is 3.50. The largest absolute Gasteiger partial charge is 0.340 e. The van der Waals surface area contributed by atoms with Crippen LogP contribution in [0.2, 0.25) is 15.1 Å². The van der Waals surface area contributed by atoms with E-state index in [-0.39, 0.29) is 27.2 Å². The summed E-state index contributed by atoms with van der Waals surface area (Å²) in [5, 5.41) is 17.9. The number of amides is 2. The van der Waals surface area contributed by atoms with Crippen molar-refractivity contribution in [3.63, 3.8) is 0 Å². The molecule has 0 saturated carbocycles. The van der Waals surface area contributed by atoms with E-state index in [4.69, 9.17) is 34.8 Å². The number of halogens is 3. The van der Waals surface area contributed by atoms with Gasteiger partial charge in [-0.3, -0.25) is 19.7 Å². The van der Waals surface area contributed by atoms with Crippen LogP contribution in [0.25, 0.3) is 0 Å². The minimum atomic E-state index is -0.902. The molecule has 0 radical (unpaired) electrons. The van der Waals surface area contributed by atoms with Crippen LogP contribution in [-0.2, 0) is 4.79 Å². The van der Waals surface area contributed by atoms with Crippen LogP contribution in [0.4, 0.5) is 5.69 Å². The average Bonchev–Trinajstić information content (AvgIpc) is 2.66. The third kappa shape index (κ3) is 6.16. The Morgan fingerprint density at radius 1 is 1.10 bits per heavy atom. The van der Waals surface area contributed by atoms with Crippen molar-refractivity contribution in [1.29, 1.82) is 0 Å². The molecule has 0 heterocycles. The summed E-state index contributed by atoms with van der Waals surface area (Å²) in [4.78, 5) is 35.3. The zero-order chi connectivity index (χ0) is 22.4. The molecule has 2 amide bonds. The highest BCUT2D eigenvalue weighted by molar-refractivity contribution is 6.36. The third-order valence-corrected chi connectivity index (χ3v) is 4.83. The molecule has 0 saturated heterocycles. The van der Waals surface area contributed by atoms with Gasteiger partial charge < -0.3 is 5.32 Å². The molecule has 158 valence electrons. The van der Waals surface area contributed by atoms with Crippen LogP contribution in [0.5, 0.6) is 0 Å². The van der Waals surface area contributed by atoms with E-state index < -0.39 is 22.8 Å². The fourth-order valence-corrected chi connectivity index (χ4v) is 3.10. The van der Waals surface area contributed by atoms with E-state index >= 15 is 0 Å². The summed E-state index contributed by atoms with van der Waals surface area (Å²) in [6.07, 6.45) is 1.23. The van der Waals surface area contributed by atoms with E-state index in [1.165, 1.54) is 42.6 Å². The predicted molar refractivity (Wildman–Crippen MR) is 116 cm³/mol. The van der Waals surface area contributed by atoms with Gasteiger partial charge in [0.05, 0.1) is 21.7 Å². The van der Waals surface area contributed by atoms with Gasteiger partial charge in [-0.2, -0.15) is 5.10 Å². The quantitative estimate of drug-likeness (QED) is 0.352. The zero-order valence-corrected chi connectivity index (χ0v) is 18.1. The Morgan fingerprint density at radius 2 is 1.80 bits per heavy atom. The number of nitrogens with zero attached hydrogens (tertiary/aromatic N) is 2. The van der Waals surface area contributed by atoms with E-state index in [9.17, 15) is 19.7 Å². The average molecular weight is 472 g/mol. The van der Waals surface area contributed by atoms with Crippen molar-refractivity contribution in [3.05, 3.63) is 72.7 Å². The van der Waals surface area contributed by atoms with Gasteiger partial charge in [0, 0.05) is 16.7 Å². The topological polar surface area (TPSA) is 114 Å². The van der Waals surface area contributed by atoms with Crippen LogP contribution < -0.4 is 10.7 Å². The van der Waals surface area contributed by atoms with E-state index in [1.54, 1.807) is 13.8 Å². The molecule has 2 N–H and O–H groups in total. The second-order valence-electron chi connectivity index (χ2n) is 6.52. The van der Waals surface area contributed by atoms with Gasteiger partial charge in [-0.1, -0.05) is 54.7 Å². The van der Waals surface area contributed by atoms with Crippen molar-refractivity contribution in [1.82, 2.24) is 10.7 Å². The molecular weight excluding hydrogens is 455 g/mol. The summed E-state index contributed by atoms with van der Waals surface area (Å²) >= 11 is 17.6. The number of hydrazone groups is 1. The molecule has 0 aliphatic heterocycles. The Balaban J connectivity index is 2.09. The SMILES string of the molecule is CC(C)C(NC(=O)c1ccc(Cl)cc1Cl)C(=O)NN=Cc1ccc(Cl)c([N+](=O)[O-])c1. The first-order chi connectivity index (χ1) is 14.1. The van der Waals surface area contributed by atoms with Crippen molar-refractivity contribution in [3.8, 4) is 0 Å². The van der Waals surface area contributed by atoms with Crippen LogP contribution in [0.15, 0.2) is 41.5 Å². The molecule has 2 rings (SSSR count). The Morgan fingerprint density at radius 3 is 2.40 bits per heavy atom. The van der Waals surface area contributed by atoms with Gasteiger partial charge in [-0.25, -0.2) is 5.43 Å². The van der Waals surface area contributed by atoms with Crippen LogP contribution in [0.3, 0.4) is 0 Å². The van der Waals surface area contributed by atoms with Crippen molar-refractivity contribution >= 4 is 58.5 Å². The molecule has 1 unspecified atom stereocenters. The summed E-state index contributed by atoms with van der Waals surface area (Å²) in [5.74, 6) is -1.36. The van der Waals surface area contributed by atoms with E-state index in [0.29, 0.717) is 10.6 Å². The smallest absolute Gasteiger partial charge is 0.288 e. The fraction of sp³-hybridized carbons (Fsp3) is 0.211. The van der Waals surface area contributed by atoms with Gasteiger partial charge >= 0.3 is 0 Å². The normalized spacial score (nSPS) is 12.1. The second kappa shape index (κ2) is 10.4. The molecule has 0 aliphatic rings. The molecule has 8 nitrogen and oxygen atoms in total. The first-order valence-corrected chi connectivity index (χ1v) is 9.76. The lowest BCUT2D eigenvalue weighted by Crippen LogP contribution is -2.48. The molecule has 0 bridgehead atoms. The molecule has 1 atom stereocenters. The molecule has 30 heavy (non-hydrogen) atoms. The van der Waals surface area contributed by atoms with Crippen molar-refractivity contribution in [2.24, 2.45) is 11.0 Å². The minimum Gasteiger partial charge on any atom is -0.340 e. The van der Waals surface area contributed by atoms with Crippen LogP contribution in [-0.4, -0.2) is 29.0 Å². The molecule has 0 fully saturated rings. The van der Waals surface area contributed by atoms with Gasteiger partial charge in [0.15, 0.2) is 0 Å². The number of nitro benzene ring substituents is 1. The van der Waals surface area contributed by atoms with E-state index in [1.807, 2.05) is 0 Å². The van der Waals surface area contributed by atoms with E-state index in [0.717, 1.165) is 0 Å². The monoisotopic (exact) mass is 470 g/mol. The first kappa shape index (κ1) is 23.6. The molecule has 0 spiro atoms. The summed E-state index contributed by atoms with van der Waals surface area (Å²) in [7, 11) is 0. The molecule has 0 aliphatic carbocycles. The van der Waals surface area contributed by atoms with Crippen molar-refractivity contribution in [2.45, 2.75) is 19.9 Å². The summed E-state index contributed by atoms with van der Waals surface area (Å²) in [6, 6.07) is 7.59. The maximum atomic E-state index is 12.5. The summed E-state index contributed by atoms with van der Waals surface area (Å²) in [5.41, 5.74) is 2.58. The van der Waals surface area contributed by atoms with Gasteiger partial charge in [-0.15, -0.1) is 0 Å². The number of nitro groups is 1. The maximum absolute atomic E-state index is 12.5. The van der Waals surface area contributed by atoms with Gasteiger partial charge in [0.25, 0.3) is 17.5 Å². The minimum absolute atomic E-state index is 0.00960. The Bertz CT molecular complexity index is 1010. The Kier molecular flexibility index (Phi) is 8.16. The van der Waals surface area contributed by atoms with Gasteiger partial charge in [0.2, 0.25) is 0 Å². The molecular formula is C19H17Cl3N4O4. The number of rotatable bonds is 7. The lowest BCUT2D eigenvalue weighted by atomic mass is 10.0. The predicted octanol–water partition coefficient (Wildman–Crippen LogP) is 4.46. The molecule has 0 aromatic heterocycles. The number of benzene rings is 2. The zero-order valence-electron chi connectivity index (χ0n) is 15.9. The number of carbonyl (C=O) groups excluding carboxylic acids is 2. The molecule has 2 aromatic carbocycles. The van der Waals surface area contributed by atoms with Gasteiger partial charge in [0.1, 0.15) is 11.1 Å². The second-order valence-corrected chi connectivity index (χ2v) is 7.77.